The zero-order valence-electron chi connectivity index (χ0n) is 14.0. The minimum absolute atomic E-state index is 0. The van der Waals surface area contributed by atoms with Gasteiger partial charge in [0.1, 0.15) is 0 Å². The maximum atomic E-state index is 12.5. The molecule has 2 aliphatic rings. The standard InChI is InChI=1S/C19H21N3O.2ClH/c23-19(14-6-7-15-12-20-13-16(15)10-14)21-17-4-3-5-18(11-17)22-8-1-2-9-22;;/h3-7,10-11,20H,1-2,8-9,12-13H2,(H,21,23);2*1H. The van der Waals surface area contributed by atoms with Gasteiger partial charge in [0.25, 0.3) is 5.91 Å². The van der Waals surface area contributed by atoms with Crippen LogP contribution < -0.4 is 15.5 Å². The van der Waals surface area contributed by atoms with Crippen molar-refractivity contribution >= 4 is 42.1 Å². The quantitative estimate of drug-likeness (QED) is 0.847. The zero-order valence-corrected chi connectivity index (χ0v) is 15.6. The first kappa shape index (κ1) is 19.6. The summed E-state index contributed by atoms with van der Waals surface area (Å²) in [6.07, 6.45) is 2.50. The topological polar surface area (TPSA) is 44.4 Å². The minimum Gasteiger partial charge on any atom is -0.371 e. The van der Waals surface area contributed by atoms with Crippen LogP contribution >= 0.6 is 24.8 Å². The Morgan fingerprint density at radius 1 is 0.960 bits per heavy atom. The number of benzene rings is 2. The van der Waals surface area contributed by atoms with Gasteiger partial charge < -0.3 is 15.5 Å². The average Bonchev–Trinajstić information content (AvgIpc) is 3.26. The molecule has 4 nitrogen and oxygen atoms in total. The minimum atomic E-state index is -0.0433. The van der Waals surface area contributed by atoms with Crippen molar-refractivity contribution in [3.05, 3.63) is 59.2 Å². The fraction of sp³-hybridized carbons (Fsp3) is 0.316. The van der Waals surface area contributed by atoms with Crippen molar-refractivity contribution in [1.29, 1.82) is 0 Å². The highest BCUT2D eigenvalue weighted by Crippen LogP contribution is 2.24. The van der Waals surface area contributed by atoms with E-state index in [1.807, 2.05) is 30.3 Å². The average molecular weight is 380 g/mol. The Bertz CT molecular complexity index is 745. The summed E-state index contributed by atoms with van der Waals surface area (Å²) in [5, 5.41) is 6.33. The molecule has 0 saturated carbocycles. The Morgan fingerprint density at radius 2 is 1.72 bits per heavy atom. The van der Waals surface area contributed by atoms with Gasteiger partial charge in [0, 0.05) is 43.1 Å². The van der Waals surface area contributed by atoms with Crippen molar-refractivity contribution in [3.63, 3.8) is 0 Å². The molecule has 1 fully saturated rings. The molecule has 4 rings (SSSR count). The van der Waals surface area contributed by atoms with E-state index < -0.39 is 0 Å². The molecular weight excluding hydrogens is 357 g/mol. The number of nitrogens with one attached hydrogen (secondary N) is 2. The van der Waals surface area contributed by atoms with Gasteiger partial charge in [-0.05, 0) is 54.3 Å². The largest absolute Gasteiger partial charge is 0.371 e. The Labute approximate surface area is 160 Å². The first-order valence-corrected chi connectivity index (χ1v) is 8.28. The summed E-state index contributed by atoms with van der Waals surface area (Å²) in [5.74, 6) is -0.0433. The number of fused-ring (bicyclic) bond motifs is 1. The summed E-state index contributed by atoms with van der Waals surface area (Å²) in [6.45, 7) is 3.96. The Hall–Kier alpha value is -1.75. The lowest BCUT2D eigenvalue weighted by atomic mass is 10.1. The van der Waals surface area contributed by atoms with E-state index in [4.69, 9.17) is 0 Å². The maximum absolute atomic E-state index is 12.5. The number of hydrogen-bond donors (Lipinski definition) is 2. The molecular formula is C19H23Cl2N3O. The van der Waals surface area contributed by atoms with Crippen LogP contribution in [0.5, 0.6) is 0 Å². The third-order valence-corrected chi connectivity index (χ3v) is 4.67. The van der Waals surface area contributed by atoms with Crippen LogP contribution in [0.4, 0.5) is 11.4 Å². The van der Waals surface area contributed by atoms with E-state index in [1.54, 1.807) is 0 Å². The molecule has 0 atom stereocenters. The molecule has 0 unspecified atom stereocenters. The molecule has 2 aromatic carbocycles. The van der Waals surface area contributed by atoms with Crippen LogP contribution in [-0.2, 0) is 13.1 Å². The van der Waals surface area contributed by atoms with E-state index in [0.717, 1.165) is 37.4 Å². The van der Waals surface area contributed by atoms with Crippen molar-refractivity contribution in [3.8, 4) is 0 Å². The highest BCUT2D eigenvalue weighted by molar-refractivity contribution is 6.04. The van der Waals surface area contributed by atoms with Gasteiger partial charge in [-0.25, -0.2) is 0 Å². The van der Waals surface area contributed by atoms with Gasteiger partial charge in [0.05, 0.1) is 0 Å². The van der Waals surface area contributed by atoms with E-state index in [1.165, 1.54) is 29.7 Å². The van der Waals surface area contributed by atoms with Gasteiger partial charge in [-0.2, -0.15) is 0 Å². The SMILES string of the molecule is Cl.Cl.O=C(Nc1cccc(N2CCCC2)c1)c1ccc2c(c1)CNC2. The van der Waals surface area contributed by atoms with Gasteiger partial charge >= 0.3 is 0 Å². The number of carbonyl (C=O) groups is 1. The highest BCUT2D eigenvalue weighted by atomic mass is 35.5. The Balaban J connectivity index is 0.00000113. The lowest BCUT2D eigenvalue weighted by molar-refractivity contribution is 0.102. The molecule has 25 heavy (non-hydrogen) atoms. The molecule has 2 N–H and O–H groups in total. The lowest BCUT2D eigenvalue weighted by Gasteiger charge is -2.18. The summed E-state index contributed by atoms with van der Waals surface area (Å²) in [4.78, 5) is 14.9. The number of anilines is 2. The predicted octanol–water partition coefficient (Wildman–Crippen LogP) is 3.99. The van der Waals surface area contributed by atoms with Gasteiger partial charge in [0.2, 0.25) is 0 Å². The van der Waals surface area contributed by atoms with Crippen LogP contribution in [0.1, 0.15) is 34.3 Å². The highest BCUT2D eigenvalue weighted by Gasteiger charge is 2.15. The molecule has 0 aliphatic carbocycles. The Kier molecular flexibility index (Phi) is 6.71. The Morgan fingerprint density at radius 3 is 2.52 bits per heavy atom. The molecule has 2 aliphatic heterocycles. The first-order valence-electron chi connectivity index (χ1n) is 8.28. The van der Waals surface area contributed by atoms with Crippen molar-refractivity contribution in [2.24, 2.45) is 0 Å². The van der Waals surface area contributed by atoms with Crippen molar-refractivity contribution in [2.75, 3.05) is 23.3 Å². The van der Waals surface area contributed by atoms with Crippen LogP contribution in [0, 0.1) is 0 Å². The molecule has 0 radical (unpaired) electrons. The smallest absolute Gasteiger partial charge is 0.255 e. The number of amides is 1. The number of halogens is 2. The number of rotatable bonds is 3. The van der Waals surface area contributed by atoms with Crippen LogP contribution in [0.15, 0.2) is 42.5 Å². The van der Waals surface area contributed by atoms with E-state index in [0.29, 0.717) is 0 Å². The second-order valence-corrected chi connectivity index (χ2v) is 6.29. The van der Waals surface area contributed by atoms with Gasteiger partial charge in [-0.15, -0.1) is 24.8 Å². The lowest BCUT2D eigenvalue weighted by Crippen LogP contribution is -2.18. The van der Waals surface area contributed by atoms with Crippen LogP contribution in [-0.4, -0.2) is 19.0 Å². The van der Waals surface area contributed by atoms with Gasteiger partial charge in [-0.1, -0.05) is 12.1 Å². The predicted molar refractivity (Wildman–Crippen MR) is 107 cm³/mol. The fourth-order valence-corrected chi connectivity index (χ4v) is 3.39. The number of nitrogens with zero attached hydrogens (tertiary/aromatic N) is 1. The second-order valence-electron chi connectivity index (χ2n) is 6.29. The summed E-state index contributed by atoms with van der Waals surface area (Å²) in [5.41, 5.74) is 5.29. The monoisotopic (exact) mass is 379 g/mol. The van der Waals surface area contributed by atoms with Crippen LogP contribution in [0.3, 0.4) is 0 Å². The molecule has 2 heterocycles. The van der Waals surface area contributed by atoms with E-state index in [2.05, 4.69) is 27.7 Å². The van der Waals surface area contributed by atoms with Crippen molar-refractivity contribution in [1.82, 2.24) is 5.32 Å². The first-order chi connectivity index (χ1) is 11.3. The van der Waals surface area contributed by atoms with Gasteiger partial charge in [0.15, 0.2) is 0 Å². The molecule has 0 aromatic heterocycles. The molecule has 134 valence electrons. The summed E-state index contributed by atoms with van der Waals surface area (Å²) in [6, 6.07) is 14.1. The third kappa shape index (κ3) is 4.27. The number of hydrogen-bond acceptors (Lipinski definition) is 3. The molecule has 6 heteroatoms. The molecule has 1 amide bonds. The normalized spacial score (nSPS) is 15.1. The molecule has 0 bridgehead atoms. The molecule has 0 spiro atoms. The van der Waals surface area contributed by atoms with Gasteiger partial charge in [-0.3, -0.25) is 4.79 Å². The van der Waals surface area contributed by atoms with E-state index >= 15 is 0 Å². The summed E-state index contributed by atoms with van der Waals surface area (Å²) >= 11 is 0. The summed E-state index contributed by atoms with van der Waals surface area (Å²) in [7, 11) is 0. The third-order valence-electron chi connectivity index (χ3n) is 4.67. The van der Waals surface area contributed by atoms with E-state index in [-0.39, 0.29) is 30.7 Å². The molecule has 1 saturated heterocycles. The van der Waals surface area contributed by atoms with Crippen LogP contribution in [0.2, 0.25) is 0 Å². The zero-order chi connectivity index (χ0) is 15.6. The second kappa shape index (κ2) is 8.56. The molecule has 2 aromatic rings. The van der Waals surface area contributed by atoms with Crippen molar-refractivity contribution < 1.29 is 4.79 Å². The fourth-order valence-electron chi connectivity index (χ4n) is 3.39. The number of carbonyl (C=O) groups excluding carboxylic acids is 1. The van der Waals surface area contributed by atoms with E-state index in [9.17, 15) is 4.79 Å². The van der Waals surface area contributed by atoms with Crippen molar-refractivity contribution in [2.45, 2.75) is 25.9 Å². The summed E-state index contributed by atoms with van der Waals surface area (Å²) < 4.78 is 0. The van der Waals surface area contributed by atoms with Crippen LogP contribution in [0.25, 0.3) is 0 Å². The maximum Gasteiger partial charge on any atom is 0.255 e.